The maximum absolute atomic E-state index is 12.2. The van der Waals surface area contributed by atoms with Crippen molar-refractivity contribution in [3.63, 3.8) is 0 Å². The lowest BCUT2D eigenvalue weighted by Crippen LogP contribution is -2.35. The van der Waals surface area contributed by atoms with Crippen LogP contribution in [0.15, 0.2) is 36.4 Å². The monoisotopic (exact) mass is 759 g/mol. The second-order valence-electron chi connectivity index (χ2n) is 15.0. The number of carbonyl (C=O) groups is 4. The van der Waals surface area contributed by atoms with E-state index in [1.54, 1.807) is 16.7 Å². The van der Waals surface area contributed by atoms with Crippen LogP contribution in [0.4, 0.5) is 20.3 Å². The highest BCUT2D eigenvalue weighted by atomic mass is 32.2. The van der Waals surface area contributed by atoms with Crippen LogP contribution in [-0.2, 0) is 19.7 Å². The largest absolute Gasteiger partial charge is 0.481 e. The number of carbonyl (C=O) groups excluding carboxylic acids is 2. The lowest BCUT2D eigenvalue weighted by molar-refractivity contribution is -0.138. The van der Waals surface area contributed by atoms with Crippen LogP contribution >= 0.6 is 23.1 Å². The van der Waals surface area contributed by atoms with Gasteiger partial charge in [0.25, 0.3) is 0 Å². The van der Waals surface area contributed by atoms with Crippen molar-refractivity contribution >= 4 is 57.9 Å². The molecule has 5 rings (SSSR count). The highest BCUT2D eigenvalue weighted by molar-refractivity contribution is 7.99. The summed E-state index contributed by atoms with van der Waals surface area (Å²) in [5.74, 6) is 0.634. The van der Waals surface area contributed by atoms with Crippen LogP contribution in [0.3, 0.4) is 0 Å². The summed E-state index contributed by atoms with van der Waals surface area (Å²) in [6.07, 6.45) is 10.2. The molecule has 3 heterocycles. The van der Waals surface area contributed by atoms with Crippen LogP contribution in [-0.4, -0.2) is 76.1 Å². The Balaban J connectivity index is 0.000000234. The van der Waals surface area contributed by atoms with Crippen LogP contribution in [0, 0.1) is 5.92 Å². The Morgan fingerprint density at radius 1 is 0.904 bits per heavy atom. The lowest BCUT2D eigenvalue weighted by atomic mass is 9.87. The highest BCUT2D eigenvalue weighted by Gasteiger charge is 2.36. The average molecular weight is 760 g/mol. The molecule has 52 heavy (non-hydrogen) atoms. The van der Waals surface area contributed by atoms with Gasteiger partial charge in [-0.1, -0.05) is 65.0 Å². The smallest absolute Gasteiger partial charge is 0.415 e. The first-order chi connectivity index (χ1) is 24.8. The molecule has 3 amide bonds. The van der Waals surface area contributed by atoms with Crippen molar-refractivity contribution in [2.24, 2.45) is 5.92 Å². The maximum Gasteiger partial charge on any atom is 0.415 e. The molecule has 3 aliphatic rings. The van der Waals surface area contributed by atoms with Gasteiger partial charge in [-0.2, -0.15) is 11.8 Å². The average Bonchev–Trinajstić information content (AvgIpc) is 3.92. The number of anilines is 2. The molecule has 2 aromatic rings. The van der Waals surface area contributed by atoms with Gasteiger partial charge in [0.15, 0.2) is 0 Å². The third kappa shape index (κ3) is 12.4. The molecule has 4 N–H and O–H groups in total. The van der Waals surface area contributed by atoms with Gasteiger partial charge in [-0.3, -0.25) is 19.4 Å². The molecule has 2 aliphatic heterocycles. The van der Waals surface area contributed by atoms with E-state index in [2.05, 4.69) is 38.2 Å². The molecular formula is C39H57N3O8S2. The minimum atomic E-state index is -0.746. The predicted molar refractivity (Wildman–Crippen MR) is 208 cm³/mol. The molecule has 13 heteroatoms. The van der Waals surface area contributed by atoms with E-state index in [9.17, 15) is 24.3 Å². The van der Waals surface area contributed by atoms with Gasteiger partial charge in [0.2, 0.25) is 0 Å². The predicted octanol–water partition coefficient (Wildman–Crippen LogP) is 8.59. The number of nitrogens with zero attached hydrogens (tertiary/aromatic N) is 2. The molecule has 3 atom stereocenters. The number of ether oxygens (including phenoxy) is 1. The number of thiophene rings is 1. The standard InChI is InChI=1S/C20H29NO5S.C19H28N2O3S/c22-18(23)10-4-2-1-3-9-15-13-26-20(25)21(15)17-12-11-16(27-17)19(24)14-7-5-6-8-14;1-19(2,3)14-7-9-15(10-8-14)21-16(12-20-18(21)24)13-25-11-5-4-6-17(22)23/h11-12,14-15,19,24H,1-10,13H2,(H,22,23);7-10,16H,4-6,11-13H2,1-3H3,(H,20,24)(H,22,23)/t15-,19?;16-/m01/s1. The molecule has 1 unspecified atom stereocenters. The fraction of sp³-hybridized carbons (Fsp3) is 0.641. The summed E-state index contributed by atoms with van der Waals surface area (Å²) in [4.78, 5) is 50.0. The summed E-state index contributed by atoms with van der Waals surface area (Å²) in [6, 6.07) is 12.2. The molecule has 1 aromatic heterocycles. The Morgan fingerprint density at radius 3 is 2.21 bits per heavy atom. The maximum atomic E-state index is 12.2. The van der Waals surface area contributed by atoms with Gasteiger partial charge in [0.1, 0.15) is 11.6 Å². The molecule has 1 aromatic carbocycles. The van der Waals surface area contributed by atoms with E-state index >= 15 is 0 Å². The lowest BCUT2D eigenvalue weighted by Gasteiger charge is -2.25. The summed E-state index contributed by atoms with van der Waals surface area (Å²) < 4.78 is 5.27. The van der Waals surface area contributed by atoms with E-state index in [4.69, 9.17) is 14.9 Å². The quantitative estimate of drug-likeness (QED) is 0.109. The molecule has 11 nitrogen and oxygen atoms in total. The number of carboxylic acid groups (broad SMARTS) is 2. The summed E-state index contributed by atoms with van der Waals surface area (Å²) in [6.45, 7) is 7.57. The van der Waals surface area contributed by atoms with E-state index < -0.39 is 18.0 Å². The number of hydrogen-bond donors (Lipinski definition) is 4. The number of aliphatic hydroxyl groups is 1. The first-order valence-corrected chi connectivity index (χ1v) is 20.7. The van der Waals surface area contributed by atoms with Crippen molar-refractivity contribution in [1.82, 2.24) is 5.32 Å². The molecule has 1 saturated carbocycles. The van der Waals surface area contributed by atoms with E-state index in [0.717, 1.165) is 72.0 Å². The van der Waals surface area contributed by atoms with Crippen LogP contribution < -0.4 is 15.1 Å². The molecule has 3 fully saturated rings. The molecule has 1 aliphatic carbocycles. The van der Waals surface area contributed by atoms with Gasteiger partial charge in [-0.15, -0.1) is 11.3 Å². The summed E-state index contributed by atoms with van der Waals surface area (Å²) in [5.41, 5.74) is 2.27. The third-order valence-corrected chi connectivity index (χ3v) is 12.3. The van der Waals surface area contributed by atoms with Crippen LogP contribution in [0.25, 0.3) is 0 Å². The van der Waals surface area contributed by atoms with Crippen molar-refractivity contribution in [3.8, 4) is 0 Å². The van der Waals surface area contributed by atoms with Crippen molar-refractivity contribution in [3.05, 3.63) is 46.8 Å². The van der Waals surface area contributed by atoms with E-state index in [1.807, 2.05) is 29.2 Å². The normalized spacial score (nSPS) is 19.7. The molecule has 0 bridgehead atoms. The van der Waals surface area contributed by atoms with Crippen LogP contribution in [0.2, 0.25) is 0 Å². The molecule has 0 spiro atoms. The Bertz CT molecular complexity index is 1450. The number of rotatable bonds is 18. The van der Waals surface area contributed by atoms with Crippen molar-refractivity contribution in [1.29, 1.82) is 0 Å². The summed E-state index contributed by atoms with van der Waals surface area (Å²) in [7, 11) is 0. The second kappa shape index (κ2) is 20.2. The van der Waals surface area contributed by atoms with E-state index in [-0.39, 0.29) is 42.5 Å². The summed E-state index contributed by atoms with van der Waals surface area (Å²) in [5, 5.41) is 31.7. The van der Waals surface area contributed by atoms with Gasteiger partial charge < -0.3 is 25.4 Å². The number of unbranched alkanes of at least 4 members (excludes halogenated alkanes) is 4. The van der Waals surface area contributed by atoms with Crippen molar-refractivity contribution < 1.29 is 39.2 Å². The number of carboxylic acids is 2. The number of cyclic esters (lactones) is 1. The Hall–Kier alpha value is -3.29. The van der Waals surface area contributed by atoms with E-state index in [0.29, 0.717) is 31.9 Å². The minimum absolute atomic E-state index is 0.0205. The van der Waals surface area contributed by atoms with Crippen molar-refractivity contribution in [2.75, 3.05) is 34.5 Å². The molecule has 2 saturated heterocycles. The molecule has 0 radical (unpaired) electrons. The molecule has 288 valence electrons. The minimum Gasteiger partial charge on any atom is -0.481 e. The Morgan fingerprint density at radius 2 is 1.56 bits per heavy atom. The number of hydrogen-bond acceptors (Lipinski definition) is 8. The number of urea groups is 1. The third-order valence-electron chi connectivity index (χ3n) is 9.95. The topological polar surface area (TPSA) is 157 Å². The summed E-state index contributed by atoms with van der Waals surface area (Å²) >= 11 is 3.28. The van der Waals surface area contributed by atoms with E-state index in [1.165, 1.54) is 29.7 Å². The fourth-order valence-electron chi connectivity index (χ4n) is 6.92. The first-order valence-electron chi connectivity index (χ1n) is 18.8. The van der Waals surface area contributed by atoms with Gasteiger partial charge in [0, 0.05) is 35.7 Å². The Kier molecular flexibility index (Phi) is 16.1. The van der Waals surface area contributed by atoms with Crippen molar-refractivity contribution in [2.45, 2.75) is 128 Å². The van der Waals surface area contributed by atoms with Crippen LogP contribution in [0.5, 0.6) is 0 Å². The zero-order chi connectivity index (χ0) is 37.7. The fourth-order valence-corrected chi connectivity index (χ4v) is 9.18. The highest BCUT2D eigenvalue weighted by Crippen LogP contribution is 2.41. The number of aliphatic carboxylic acids is 2. The number of nitrogens with one attached hydrogen (secondary N) is 1. The zero-order valence-electron chi connectivity index (χ0n) is 30.9. The number of thioether (sulfide) groups is 1. The van der Waals surface area contributed by atoms with Gasteiger partial charge >= 0.3 is 24.1 Å². The van der Waals surface area contributed by atoms with Gasteiger partial charge in [0.05, 0.1) is 18.2 Å². The number of benzene rings is 1. The Labute approximate surface area is 316 Å². The number of aliphatic hydroxyl groups excluding tert-OH is 1. The first kappa shape index (κ1) is 41.5. The van der Waals surface area contributed by atoms with Gasteiger partial charge in [-0.05, 0) is 85.4 Å². The second-order valence-corrected chi connectivity index (χ2v) is 17.3. The zero-order valence-corrected chi connectivity index (χ0v) is 32.5. The molecular weight excluding hydrogens is 703 g/mol. The van der Waals surface area contributed by atoms with Crippen LogP contribution in [0.1, 0.15) is 121 Å². The van der Waals surface area contributed by atoms with Gasteiger partial charge in [-0.25, -0.2) is 9.59 Å². The SMILES string of the molecule is CC(C)(C)c1ccc(N2C(=O)NC[C@@H]2CSCCCCC(=O)O)cc1.O=C(O)CCCCCC[C@H]1COC(=O)N1c1ccc(C(O)C2CCCC2)s1. The number of amides is 3.